The van der Waals surface area contributed by atoms with Gasteiger partial charge in [0.25, 0.3) is 0 Å². The van der Waals surface area contributed by atoms with E-state index in [1.807, 2.05) is 25.7 Å². The summed E-state index contributed by atoms with van der Waals surface area (Å²) in [7, 11) is 0. The van der Waals surface area contributed by atoms with E-state index in [0.717, 1.165) is 32.5 Å². The lowest BCUT2D eigenvalue weighted by molar-refractivity contribution is -0.00739. The highest BCUT2D eigenvalue weighted by molar-refractivity contribution is 5.68. The fraction of sp³-hybridized carbons (Fsp3) is 0.933. The van der Waals surface area contributed by atoms with Crippen LogP contribution in [-0.4, -0.2) is 36.2 Å². The van der Waals surface area contributed by atoms with Crippen LogP contribution in [0.4, 0.5) is 4.79 Å². The van der Waals surface area contributed by atoms with Crippen LogP contribution in [0.25, 0.3) is 0 Å². The molecule has 1 amide bonds. The minimum Gasteiger partial charge on any atom is -0.444 e. The molecule has 4 heteroatoms. The van der Waals surface area contributed by atoms with Crippen LogP contribution in [0, 0.1) is 11.3 Å². The Kier molecular flexibility index (Phi) is 4.09. The number of rotatable bonds is 2. The highest BCUT2D eigenvalue weighted by atomic mass is 16.6. The Morgan fingerprint density at radius 3 is 2.26 bits per heavy atom. The van der Waals surface area contributed by atoms with Crippen molar-refractivity contribution in [3.8, 4) is 0 Å². The van der Waals surface area contributed by atoms with Crippen molar-refractivity contribution in [1.29, 1.82) is 0 Å². The quantitative estimate of drug-likeness (QED) is 0.838. The second kappa shape index (κ2) is 5.31. The van der Waals surface area contributed by atoms with Gasteiger partial charge in [0.15, 0.2) is 0 Å². The Labute approximate surface area is 116 Å². The van der Waals surface area contributed by atoms with Gasteiger partial charge in [0.1, 0.15) is 5.60 Å². The molecule has 0 aromatic heterocycles. The van der Waals surface area contributed by atoms with E-state index in [0.29, 0.717) is 11.3 Å². The minimum absolute atomic E-state index is 0.165. The Bertz CT molecular complexity index is 318. The summed E-state index contributed by atoms with van der Waals surface area (Å²) in [6.45, 7) is 8.19. The van der Waals surface area contributed by atoms with Crippen molar-refractivity contribution in [2.45, 2.75) is 58.5 Å². The first-order valence-electron chi connectivity index (χ1n) is 7.54. The molecule has 0 atom stereocenters. The predicted molar refractivity (Wildman–Crippen MR) is 75.9 cm³/mol. The summed E-state index contributed by atoms with van der Waals surface area (Å²) in [6, 6.07) is 0. The zero-order chi connectivity index (χ0) is 14.1. The molecule has 0 unspecified atom stereocenters. The summed E-state index contributed by atoms with van der Waals surface area (Å²) in [6.07, 6.45) is 5.87. The fourth-order valence-electron chi connectivity index (χ4n) is 3.41. The van der Waals surface area contributed by atoms with E-state index in [1.54, 1.807) is 0 Å². The lowest BCUT2D eigenvalue weighted by atomic mass is 9.59. The monoisotopic (exact) mass is 268 g/mol. The molecule has 2 fully saturated rings. The smallest absolute Gasteiger partial charge is 0.410 e. The van der Waals surface area contributed by atoms with Crippen molar-refractivity contribution in [2.75, 3.05) is 19.6 Å². The van der Waals surface area contributed by atoms with Crippen molar-refractivity contribution >= 4 is 6.09 Å². The SMILES string of the molecule is CC(C)(C)OC(=O)N1CCC(C2(CN)CCC2)CC1. The molecule has 110 valence electrons. The second-order valence-corrected chi connectivity index (χ2v) is 7.16. The van der Waals surface area contributed by atoms with Gasteiger partial charge in [-0.15, -0.1) is 0 Å². The Morgan fingerprint density at radius 1 is 1.32 bits per heavy atom. The predicted octanol–water partition coefficient (Wildman–Crippen LogP) is 2.76. The average Bonchev–Trinajstić information content (AvgIpc) is 2.27. The van der Waals surface area contributed by atoms with E-state index >= 15 is 0 Å². The molecule has 0 spiro atoms. The highest BCUT2D eigenvalue weighted by Gasteiger charge is 2.44. The van der Waals surface area contributed by atoms with Crippen molar-refractivity contribution in [3.05, 3.63) is 0 Å². The molecule has 0 bridgehead atoms. The summed E-state index contributed by atoms with van der Waals surface area (Å²) in [5, 5.41) is 0. The number of amides is 1. The Morgan fingerprint density at radius 2 is 1.89 bits per heavy atom. The first-order chi connectivity index (χ1) is 8.86. The zero-order valence-corrected chi connectivity index (χ0v) is 12.6. The lowest BCUT2D eigenvalue weighted by Gasteiger charge is -2.50. The van der Waals surface area contributed by atoms with Crippen LogP contribution in [0.2, 0.25) is 0 Å². The third-order valence-corrected chi connectivity index (χ3v) is 4.77. The van der Waals surface area contributed by atoms with Gasteiger partial charge in [0.2, 0.25) is 0 Å². The maximum absolute atomic E-state index is 12.0. The van der Waals surface area contributed by atoms with Gasteiger partial charge in [-0.1, -0.05) is 6.42 Å². The van der Waals surface area contributed by atoms with Crippen LogP contribution in [0.15, 0.2) is 0 Å². The van der Waals surface area contributed by atoms with Gasteiger partial charge < -0.3 is 15.4 Å². The van der Waals surface area contributed by atoms with Crippen LogP contribution in [0.1, 0.15) is 52.9 Å². The minimum atomic E-state index is -0.402. The average molecular weight is 268 g/mol. The van der Waals surface area contributed by atoms with Crippen LogP contribution >= 0.6 is 0 Å². The number of nitrogens with zero attached hydrogens (tertiary/aromatic N) is 1. The Hall–Kier alpha value is -0.770. The topological polar surface area (TPSA) is 55.6 Å². The highest BCUT2D eigenvalue weighted by Crippen LogP contribution is 2.49. The zero-order valence-electron chi connectivity index (χ0n) is 12.6. The summed E-state index contributed by atoms with van der Waals surface area (Å²) >= 11 is 0. The van der Waals surface area contributed by atoms with Crippen molar-refractivity contribution in [1.82, 2.24) is 4.90 Å². The molecule has 2 rings (SSSR count). The molecule has 2 N–H and O–H groups in total. The summed E-state index contributed by atoms with van der Waals surface area (Å²) in [4.78, 5) is 13.9. The summed E-state index contributed by atoms with van der Waals surface area (Å²) in [5.41, 5.74) is 5.96. The van der Waals surface area contributed by atoms with E-state index < -0.39 is 5.60 Å². The first-order valence-corrected chi connectivity index (χ1v) is 7.54. The standard InChI is InChI=1S/C15H28N2O2/c1-14(2,3)19-13(18)17-9-5-12(6-10-17)15(11-16)7-4-8-15/h12H,4-11,16H2,1-3H3. The maximum atomic E-state index is 12.0. The lowest BCUT2D eigenvalue weighted by Crippen LogP contribution is -2.50. The second-order valence-electron chi connectivity index (χ2n) is 7.16. The molecule has 1 aliphatic carbocycles. The molecule has 1 saturated carbocycles. The number of likely N-dealkylation sites (tertiary alicyclic amines) is 1. The van der Waals surface area contributed by atoms with Crippen LogP contribution in [0.3, 0.4) is 0 Å². The van der Waals surface area contributed by atoms with Crippen molar-refractivity contribution < 1.29 is 9.53 Å². The van der Waals surface area contributed by atoms with Gasteiger partial charge >= 0.3 is 6.09 Å². The molecular formula is C15H28N2O2. The third-order valence-electron chi connectivity index (χ3n) is 4.77. The molecule has 1 saturated heterocycles. The first kappa shape index (κ1) is 14.6. The van der Waals surface area contributed by atoms with E-state index in [9.17, 15) is 4.79 Å². The van der Waals surface area contributed by atoms with Crippen LogP contribution in [0.5, 0.6) is 0 Å². The van der Waals surface area contributed by atoms with Crippen LogP contribution in [-0.2, 0) is 4.74 Å². The number of piperidine rings is 1. The number of carbonyl (C=O) groups excluding carboxylic acids is 1. The molecular weight excluding hydrogens is 240 g/mol. The molecule has 0 aromatic rings. The van der Waals surface area contributed by atoms with Gasteiger partial charge in [-0.05, 0) is 64.3 Å². The molecule has 1 heterocycles. The van der Waals surface area contributed by atoms with Crippen LogP contribution < -0.4 is 5.73 Å². The summed E-state index contributed by atoms with van der Waals surface area (Å²) < 4.78 is 5.43. The van der Waals surface area contributed by atoms with E-state index in [-0.39, 0.29) is 6.09 Å². The normalized spacial score (nSPS) is 23.9. The van der Waals surface area contributed by atoms with E-state index in [1.165, 1.54) is 19.3 Å². The van der Waals surface area contributed by atoms with Gasteiger partial charge in [0.05, 0.1) is 0 Å². The molecule has 4 nitrogen and oxygen atoms in total. The third kappa shape index (κ3) is 3.22. The number of ether oxygens (including phenoxy) is 1. The Balaban J connectivity index is 1.84. The molecule has 0 radical (unpaired) electrons. The van der Waals surface area contributed by atoms with Gasteiger partial charge in [-0.2, -0.15) is 0 Å². The largest absolute Gasteiger partial charge is 0.444 e. The molecule has 0 aromatic carbocycles. The van der Waals surface area contributed by atoms with E-state index in [4.69, 9.17) is 10.5 Å². The summed E-state index contributed by atoms with van der Waals surface area (Å²) in [5.74, 6) is 0.699. The number of hydrogen-bond acceptors (Lipinski definition) is 3. The molecule has 19 heavy (non-hydrogen) atoms. The number of nitrogens with two attached hydrogens (primary N) is 1. The van der Waals surface area contributed by atoms with E-state index in [2.05, 4.69) is 0 Å². The van der Waals surface area contributed by atoms with Gasteiger partial charge in [0, 0.05) is 13.1 Å². The van der Waals surface area contributed by atoms with Gasteiger partial charge in [-0.3, -0.25) is 0 Å². The number of carbonyl (C=O) groups is 1. The molecule has 1 aliphatic heterocycles. The maximum Gasteiger partial charge on any atom is 0.410 e. The fourth-order valence-corrected chi connectivity index (χ4v) is 3.41. The van der Waals surface area contributed by atoms with Crippen molar-refractivity contribution in [3.63, 3.8) is 0 Å². The van der Waals surface area contributed by atoms with Crippen molar-refractivity contribution in [2.24, 2.45) is 17.1 Å². The van der Waals surface area contributed by atoms with Gasteiger partial charge in [-0.25, -0.2) is 4.79 Å². The number of hydrogen-bond donors (Lipinski definition) is 1. The molecule has 2 aliphatic rings.